The number of fused-ring (bicyclic) bond motifs is 3. The molecule has 0 atom stereocenters. The summed E-state index contributed by atoms with van der Waals surface area (Å²) in [5, 5.41) is 2.80. The minimum Gasteiger partial charge on any atom is -0.449 e. The molecule has 1 N–H and O–H groups in total. The van der Waals surface area contributed by atoms with Crippen molar-refractivity contribution in [1.29, 1.82) is 0 Å². The Morgan fingerprint density at radius 1 is 0.628 bits per heavy atom. The summed E-state index contributed by atoms with van der Waals surface area (Å²) < 4.78 is 43.8. The highest BCUT2D eigenvalue weighted by atomic mass is 16.6. The van der Waals surface area contributed by atoms with Gasteiger partial charge in [0, 0.05) is 19.1 Å². The van der Waals surface area contributed by atoms with Crippen molar-refractivity contribution in [3.8, 4) is 11.1 Å². The molecule has 0 aliphatic heterocycles. The van der Waals surface area contributed by atoms with Crippen molar-refractivity contribution in [2.24, 2.45) is 0 Å². The Bertz CT molecular complexity index is 974. The summed E-state index contributed by atoms with van der Waals surface area (Å²) in [5.74, 6) is 0.0577. The van der Waals surface area contributed by atoms with Gasteiger partial charge in [0.05, 0.1) is 85.4 Å². The first-order valence-corrected chi connectivity index (χ1v) is 15.3. The Balaban J connectivity index is 1.04. The van der Waals surface area contributed by atoms with Crippen LogP contribution in [0.4, 0.5) is 4.79 Å². The SMILES string of the molecule is CC(C)OCCOCCOCCOCCOCCOCCOCCCNC(=O)OCC1c2ccccc2-c2ccccc21. The van der Waals surface area contributed by atoms with Crippen molar-refractivity contribution >= 4 is 6.09 Å². The highest BCUT2D eigenvalue weighted by molar-refractivity contribution is 5.79. The lowest BCUT2D eigenvalue weighted by atomic mass is 9.98. The topological polar surface area (TPSA) is 103 Å². The summed E-state index contributed by atoms with van der Waals surface area (Å²) in [6.07, 6.45) is 0.514. The molecule has 0 unspecified atom stereocenters. The van der Waals surface area contributed by atoms with Gasteiger partial charge in [0.15, 0.2) is 0 Å². The van der Waals surface area contributed by atoms with Crippen LogP contribution < -0.4 is 5.32 Å². The van der Waals surface area contributed by atoms with Gasteiger partial charge in [0.1, 0.15) is 6.61 Å². The minimum atomic E-state index is -0.409. The standard InChI is InChI=1S/C33H49NO9/c1-27(2)42-25-24-41-23-22-40-21-20-39-19-18-38-17-16-37-15-14-36-13-7-12-34-33(35)43-26-32-30-10-5-3-8-28(30)29-9-4-6-11-31(29)32/h3-6,8-11,27,32H,7,12-26H2,1-2H3,(H,34,35). The molecule has 1 aliphatic carbocycles. The molecule has 0 radical (unpaired) electrons. The molecule has 10 heteroatoms. The molecule has 240 valence electrons. The van der Waals surface area contributed by atoms with E-state index in [0.29, 0.717) is 105 Å². The van der Waals surface area contributed by atoms with Crippen LogP contribution in [0.2, 0.25) is 0 Å². The Hall–Kier alpha value is -2.57. The number of ether oxygens (including phenoxy) is 8. The van der Waals surface area contributed by atoms with Crippen LogP contribution in [-0.2, 0) is 37.9 Å². The van der Waals surface area contributed by atoms with Crippen LogP contribution in [-0.4, -0.2) is 111 Å². The predicted octanol–water partition coefficient (Wildman–Crippen LogP) is 4.44. The van der Waals surface area contributed by atoms with Crippen molar-refractivity contribution in [2.45, 2.75) is 32.3 Å². The van der Waals surface area contributed by atoms with Crippen molar-refractivity contribution in [3.05, 3.63) is 59.7 Å². The first-order chi connectivity index (χ1) is 21.2. The van der Waals surface area contributed by atoms with E-state index in [0.717, 1.165) is 0 Å². The van der Waals surface area contributed by atoms with E-state index in [4.69, 9.17) is 37.9 Å². The molecule has 0 aromatic heterocycles. The van der Waals surface area contributed by atoms with E-state index in [9.17, 15) is 4.79 Å². The summed E-state index contributed by atoms with van der Waals surface area (Å²) in [5.41, 5.74) is 4.83. The molecule has 0 spiro atoms. The second-order valence-electron chi connectivity index (χ2n) is 10.2. The number of carbonyl (C=O) groups excluding carboxylic acids is 1. The molecule has 1 aliphatic rings. The van der Waals surface area contributed by atoms with Gasteiger partial charge in [0.25, 0.3) is 0 Å². The maximum Gasteiger partial charge on any atom is 0.407 e. The summed E-state index contributed by atoms with van der Waals surface area (Å²) in [6, 6.07) is 16.6. The monoisotopic (exact) mass is 603 g/mol. The Kier molecular flexibility index (Phi) is 17.9. The number of alkyl carbamates (subject to hydrolysis) is 1. The maximum atomic E-state index is 12.2. The maximum absolute atomic E-state index is 12.2. The molecular weight excluding hydrogens is 554 g/mol. The van der Waals surface area contributed by atoms with Gasteiger partial charge in [-0.2, -0.15) is 0 Å². The van der Waals surface area contributed by atoms with Crippen LogP contribution >= 0.6 is 0 Å². The fourth-order valence-electron chi connectivity index (χ4n) is 4.56. The molecule has 0 saturated heterocycles. The molecule has 2 aromatic carbocycles. The van der Waals surface area contributed by atoms with Gasteiger partial charge < -0.3 is 43.2 Å². The third-order valence-electron chi connectivity index (χ3n) is 6.62. The number of nitrogens with one attached hydrogen (secondary N) is 1. The van der Waals surface area contributed by atoms with E-state index in [1.165, 1.54) is 22.3 Å². The predicted molar refractivity (Wildman–Crippen MR) is 164 cm³/mol. The normalized spacial score (nSPS) is 12.4. The Morgan fingerprint density at radius 2 is 1.05 bits per heavy atom. The van der Waals surface area contributed by atoms with Crippen molar-refractivity contribution in [1.82, 2.24) is 5.32 Å². The highest BCUT2D eigenvalue weighted by Gasteiger charge is 2.28. The van der Waals surface area contributed by atoms with E-state index in [1.54, 1.807) is 0 Å². The molecule has 43 heavy (non-hydrogen) atoms. The zero-order valence-corrected chi connectivity index (χ0v) is 25.8. The van der Waals surface area contributed by atoms with Crippen molar-refractivity contribution in [2.75, 3.05) is 99.0 Å². The van der Waals surface area contributed by atoms with Gasteiger partial charge in [-0.05, 0) is 42.5 Å². The fraction of sp³-hybridized carbons (Fsp3) is 0.606. The zero-order chi connectivity index (χ0) is 30.4. The van der Waals surface area contributed by atoms with E-state index < -0.39 is 6.09 Å². The number of rotatable bonds is 25. The summed E-state index contributed by atoms with van der Waals surface area (Å²) >= 11 is 0. The largest absolute Gasteiger partial charge is 0.449 e. The van der Waals surface area contributed by atoms with Crippen LogP contribution in [0.25, 0.3) is 11.1 Å². The van der Waals surface area contributed by atoms with Gasteiger partial charge in [-0.25, -0.2) is 4.79 Å². The van der Waals surface area contributed by atoms with Crippen LogP contribution in [0, 0.1) is 0 Å². The number of carbonyl (C=O) groups is 1. The molecule has 0 fully saturated rings. The van der Waals surface area contributed by atoms with Gasteiger partial charge in [0.2, 0.25) is 0 Å². The molecule has 0 saturated carbocycles. The van der Waals surface area contributed by atoms with Crippen molar-refractivity contribution < 1.29 is 42.7 Å². The fourth-order valence-corrected chi connectivity index (χ4v) is 4.56. The van der Waals surface area contributed by atoms with Crippen molar-refractivity contribution in [3.63, 3.8) is 0 Å². The first-order valence-electron chi connectivity index (χ1n) is 15.3. The van der Waals surface area contributed by atoms with Crippen LogP contribution in [0.3, 0.4) is 0 Å². The minimum absolute atomic E-state index is 0.0577. The summed E-state index contributed by atoms with van der Waals surface area (Å²) in [4.78, 5) is 12.2. The summed E-state index contributed by atoms with van der Waals surface area (Å²) in [6.45, 7) is 11.7. The van der Waals surface area contributed by atoms with Gasteiger partial charge in [-0.15, -0.1) is 0 Å². The van der Waals surface area contributed by atoms with E-state index in [1.807, 2.05) is 38.1 Å². The average molecular weight is 604 g/mol. The molecule has 0 heterocycles. The van der Waals surface area contributed by atoms with Crippen LogP contribution in [0.15, 0.2) is 48.5 Å². The Morgan fingerprint density at radius 3 is 1.51 bits per heavy atom. The smallest absolute Gasteiger partial charge is 0.407 e. The summed E-state index contributed by atoms with van der Waals surface area (Å²) in [7, 11) is 0. The molecule has 0 bridgehead atoms. The Labute approximate surface area is 256 Å². The van der Waals surface area contributed by atoms with Gasteiger partial charge >= 0.3 is 6.09 Å². The third-order valence-corrected chi connectivity index (χ3v) is 6.62. The average Bonchev–Trinajstić information content (AvgIpc) is 3.33. The van der Waals surface area contributed by atoms with E-state index in [2.05, 4.69) is 29.6 Å². The van der Waals surface area contributed by atoms with E-state index in [-0.39, 0.29) is 12.0 Å². The third kappa shape index (κ3) is 14.2. The lowest BCUT2D eigenvalue weighted by Crippen LogP contribution is -2.27. The van der Waals surface area contributed by atoms with Crippen LogP contribution in [0.5, 0.6) is 0 Å². The quantitative estimate of drug-likeness (QED) is 0.165. The second-order valence-corrected chi connectivity index (χ2v) is 10.2. The molecule has 1 amide bonds. The second kappa shape index (κ2) is 22.0. The number of hydrogen-bond donors (Lipinski definition) is 1. The molecule has 3 rings (SSSR count). The molecule has 2 aromatic rings. The molecule has 10 nitrogen and oxygen atoms in total. The molecular formula is C33H49NO9. The van der Waals surface area contributed by atoms with E-state index >= 15 is 0 Å². The first kappa shape index (κ1) is 34.9. The lowest BCUT2D eigenvalue weighted by molar-refractivity contribution is -0.0237. The number of benzene rings is 2. The number of amides is 1. The van der Waals surface area contributed by atoms with Gasteiger partial charge in [-0.3, -0.25) is 0 Å². The van der Waals surface area contributed by atoms with Crippen LogP contribution in [0.1, 0.15) is 37.3 Å². The number of hydrogen-bond acceptors (Lipinski definition) is 9. The highest BCUT2D eigenvalue weighted by Crippen LogP contribution is 2.44. The lowest BCUT2D eigenvalue weighted by Gasteiger charge is -2.14. The zero-order valence-electron chi connectivity index (χ0n) is 25.8. The van der Waals surface area contributed by atoms with Gasteiger partial charge in [-0.1, -0.05) is 48.5 Å².